The number of aromatic nitrogens is 2. The van der Waals surface area contributed by atoms with Crippen LogP contribution in [0.1, 0.15) is 55.6 Å². The fourth-order valence-corrected chi connectivity index (χ4v) is 13.6. The van der Waals surface area contributed by atoms with E-state index in [2.05, 4.69) is 264 Å². The molecule has 2 aromatic heterocycles. The molecule has 342 valence electrons. The van der Waals surface area contributed by atoms with Gasteiger partial charge in [-0.05, 0) is 79.9 Å². The molecule has 2 heterocycles. The number of rotatable bonds is 6. The van der Waals surface area contributed by atoms with E-state index in [4.69, 9.17) is 0 Å². The van der Waals surface area contributed by atoms with Gasteiger partial charge in [-0.3, -0.25) is 0 Å². The van der Waals surface area contributed by atoms with Crippen LogP contribution in [0.25, 0.3) is 77.2 Å². The summed E-state index contributed by atoms with van der Waals surface area (Å²) in [6.45, 7) is 0. The molecule has 0 bridgehead atoms. The smallest absolute Gasteiger partial charge is 0.101 e. The summed E-state index contributed by atoms with van der Waals surface area (Å²) < 4.78 is 4.70. The van der Waals surface area contributed by atoms with E-state index in [1.165, 1.54) is 11.1 Å². The summed E-state index contributed by atoms with van der Waals surface area (Å²) in [5.74, 6) is 0. The van der Waals surface area contributed by atoms with Gasteiger partial charge in [-0.15, -0.1) is 0 Å². The van der Waals surface area contributed by atoms with Crippen LogP contribution in [0, 0.1) is 22.7 Å². The van der Waals surface area contributed by atoms with Crippen LogP contribution >= 0.6 is 0 Å². The molecule has 4 heteroatoms. The normalized spacial score (nSPS) is 13.6. The van der Waals surface area contributed by atoms with Gasteiger partial charge in [-0.2, -0.15) is 10.5 Å². The monoisotopic (exact) mass is 938 g/mol. The summed E-state index contributed by atoms with van der Waals surface area (Å²) in [5, 5.41) is 27.8. The first-order chi connectivity index (χ1) is 36.7. The van der Waals surface area contributed by atoms with Crippen LogP contribution in [0.4, 0.5) is 0 Å². The third-order valence-corrected chi connectivity index (χ3v) is 16.3. The highest BCUT2D eigenvalue weighted by atomic mass is 15.1. The van der Waals surface area contributed by atoms with Crippen molar-refractivity contribution in [2.75, 3.05) is 0 Å². The van der Waals surface area contributed by atoms with E-state index < -0.39 is 10.8 Å². The summed E-state index contributed by atoms with van der Waals surface area (Å²) >= 11 is 0. The molecule has 0 amide bonds. The van der Waals surface area contributed by atoms with Crippen LogP contribution in [-0.2, 0) is 10.8 Å². The minimum Gasteiger partial charge on any atom is -0.306 e. The van der Waals surface area contributed by atoms with Crippen molar-refractivity contribution in [3.63, 3.8) is 0 Å². The van der Waals surface area contributed by atoms with Gasteiger partial charge >= 0.3 is 0 Å². The van der Waals surface area contributed by atoms with Gasteiger partial charge in [0.05, 0.1) is 55.4 Å². The molecule has 11 aromatic carbocycles. The minimum absolute atomic E-state index is 0.457. The number of nitriles is 2. The van der Waals surface area contributed by atoms with E-state index in [1.54, 1.807) is 0 Å². The first-order valence-electron chi connectivity index (χ1n) is 25.2. The quantitative estimate of drug-likeness (QED) is 0.167. The van der Waals surface area contributed by atoms with Gasteiger partial charge in [0, 0.05) is 32.7 Å². The number of hydrogen-bond acceptors (Lipinski definition) is 2. The van der Waals surface area contributed by atoms with Gasteiger partial charge in [0.2, 0.25) is 0 Å². The predicted octanol–water partition coefficient (Wildman–Crippen LogP) is 16.4. The van der Waals surface area contributed by atoms with Gasteiger partial charge in [-0.25, -0.2) is 0 Å². The van der Waals surface area contributed by atoms with Gasteiger partial charge in [0.25, 0.3) is 0 Å². The van der Waals surface area contributed by atoms with E-state index in [9.17, 15) is 10.5 Å². The molecule has 15 rings (SSSR count). The molecule has 0 N–H and O–H groups in total. The van der Waals surface area contributed by atoms with Crippen molar-refractivity contribution in [3.8, 4) is 45.8 Å². The van der Waals surface area contributed by atoms with E-state index >= 15 is 0 Å². The summed E-state index contributed by atoms with van der Waals surface area (Å²) in [7, 11) is 0. The molecule has 0 unspecified atom stereocenters. The van der Waals surface area contributed by atoms with Crippen molar-refractivity contribution in [2.45, 2.75) is 10.8 Å². The van der Waals surface area contributed by atoms with E-state index in [-0.39, 0.29) is 0 Å². The Morgan fingerprint density at radius 1 is 0.284 bits per heavy atom. The summed E-state index contributed by atoms with van der Waals surface area (Å²) in [5.41, 5.74) is 18.3. The first-order valence-corrected chi connectivity index (χ1v) is 25.2. The van der Waals surface area contributed by atoms with Gasteiger partial charge in [0.15, 0.2) is 0 Å². The third kappa shape index (κ3) is 5.28. The van der Waals surface area contributed by atoms with Gasteiger partial charge < -0.3 is 9.13 Å². The molecule has 74 heavy (non-hydrogen) atoms. The molecule has 0 fully saturated rings. The zero-order valence-corrected chi connectivity index (χ0v) is 40.0. The molecule has 0 aliphatic heterocycles. The first kappa shape index (κ1) is 41.8. The molecule has 0 radical (unpaired) electrons. The molecular weight excluding hydrogens is 897 g/mol. The molecule has 2 aliphatic carbocycles. The van der Waals surface area contributed by atoms with Crippen molar-refractivity contribution >= 4 is 43.6 Å². The summed E-state index contributed by atoms with van der Waals surface area (Å²) in [4.78, 5) is 0. The Bertz CT molecular complexity index is 4180. The third-order valence-electron chi connectivity index (χ3n) is 16.3. The fourth-order valence-electron chi connectivity index (χ4n) is 13.6. The molecule has 0 saturated heterocycles. The topological polar surface area (TPSA) is 57.4 Å². The minimum atomic E-state index is -0.774. The lowest BCUT2D eigenvalue weighted by atomic mass is 9.67. The van der Waals surface area contributed by atoms with Crippen LogP contribution in [0.5, 0.6) is 0 Å². The number of hydrogen-bond donors (Lipinski definition) is 0. The van der Waals surface area contributed by atoms with Crippen LogP contribution in [-0.4, -0.2) is 9.13 Å². The molecule has 0 atom stereocenters. The SMILES string of the molecule is N#Cc1ccc(C#N)c(-n2c3ccccc3c3ccc4c(c32)C(c2ccccc2)(c2ccccc2)c2ccccc2-4)c1-n1c2ccccc2c2ccc3c(c21)C(c1ccccc1)(c1ccccc1)c1ccccc1-3. The van der Waals surface area contributed by atoms with Crippen LogP contribution in [0.3, 0.4) is 0 Å². The Labute approximate surface area is 428 Å². The second kappa shape index (κ2) is 15.7. The van der Waals surface area contributed by atoms with Crippen molar-refractivity contribution in [1.29, 1.82) is 10.5 Å². The Hall–Kier alpha value is -10.0. The van der Waals surface area contributed by atoms with E-state index in [0.717, 1.165) is 99.2 Å². The van der Waals surface area contributed by atoms with E-state index in [0.29, 0.717) is 22.5 Å². The lowest BCUT2D eigenvalue weighted by molar-refractivity contribution is 0.770. The number of benzene rings is 11. The summed E-state index contributed by atoms with van der Waals surface area (Å²) in [6.07, 6.45) is 0. The fraction of sp³-hybridized carbons (Fsp3) is 0.0286. The molecular formula is C70H42N4. The van der Waals surface area contributed by atoms with Crippen molar-refractivity contribution in [2.24, 2.45) is 0 Å². The lowest BCUT2D eigenvalue weighted by Crippen LogP contribution is -2.29. The number of para-hydroxylation sites is 2. The van der Waals surface area contributed by atoms with Crippen LogP contribution in [0.2, 0.25) is 0 Å². The highest BCUT2D eigenvalue weighted by molar-refractivity contribution is 6.17. The van der Waals surface area contributed by atoms with E-state index in [1.807, 2.05) is 12.1 Å². The standard InChI is InChI=1S/C70H42N4/c71-43-45-37-38-46(44-72)66(74-62-36-20-16-32-54(62)58-42-40-56-52-30-14-18-34-60(52)70(64(56)68(58)74,49-25-9-3-10-26-49)50-27-11-4-12-28-50)65(45)73-61-35-19-15-31-53(61)57-41-39-55-51-29-13-17-33-59(51)69(63(55)67(57)73,47-21-5-1-6-22-47)48-23-7-2-8-24-48/h1-42H. The van der Waals surface area contributed by atoms with Crippen molar-refractivity contribution < 1.29 is 0 Å². The Morgan fingerprint density at radius 3 is 0.973 bits per heavy atom. The van der Waals surface area contributed by atoms with Crippen LogP contribution in [0.15, 0.2) is 255 Å². The molecule has 4 nitrogen and oxygen atoms in total. The lowest BCUT2D eigenvalue weighted by Gasteiger charge is -2.35. The van der Waals surface area contributed by atoms with Crippen molar-refractivity contribution in [1.82, 2.24) is 9.13 Å². The maximum absolute atomic E-state index is 11.8. The average Bonchev–Trinajstić information content (AvgIpc) is 4.32. The highest BCUT2D eigenvalue weighted by Gasteiger charge is 2.50. The molecule has 0 saturated carbocycles. The molecule has 13 aromatic rings. The zero-order chi connectivity index (χ0) is 49.1. The maximum Gasteiger partial charge on any atom is 0.101 e. The highest BCUT2D eigenvalue weighted by Crippen LogP contribution is 2.61. The second-order valence-corrected chi connectivity index (χ2v) is 19.6. The number of nitrogens with zero attached hydrogens (tertiary/aromatic N) is 4. The maximum atomic E-state index is 11.8. The van der Waals surface area contributed by atoms with Gasteiger partial charge in [-0.1, -0.05) is 231 Å². The largest absolute Gasteiger partial charge is 0.306 e. The van der Waals surface area contributed by atoms with Gasteiger partial charge in [0.1, 0.15) is 12.1 Å². The Kier molecular flexibility index (Phi) is 8.89. The number of fused-ring (bicyclic) bond motifs is 14. The average molecular weight is 939 g/mol. The zero-order valence-electron chi connectivity index (χ0n) is 40.0. The second-order valence-electron chi connectivity index (χ2n) is 19.6. The van der Waals surface area contributed by atoms with Crippen LogP contribution < -0.4 is 0 Å². The molecule has 2 aliphatic rings. The Balaban J connectivity index is 1.18. The predicted molar refractivity (Wildman–Crippen MR) is 299 cm³/mol. The summed E-state index contributed by atoms with van der Waals surface area (Å²) in [6, 6.07) is 96.7. The molecule has 0 spiro atoms. The Morgan fingerprint density at radius 2 is 0.608 bits per heavy atom. The van der Waals surface area contributed by atoms with Crippen molar-refractivity contribution in [3.05, 3.63) is 310 Å².